The van der Waals surface area contributed by atoms with Crippen molar-refractivity contribution in [1.29, 1.82) is 5.26 Å². The molecule has 0 aliphatic carbocycles. The van der Waals surface area contributed by atoms with E-state index < -0.39 is 0 Å². The van der Waals surface area contributed by atoms with Gasteiger partial charge < -0.3 is 4.98 Å². The maximum absolute atomic E-state index is 8.48. The van der Waals surface area contributed by atoms with Crippen LogP contribution in [0.4, 0.5) is 0 Å². The Morgan fingerprint density at radius 3 is 2.67 bits per heavy atom. The molecule has 0 amide bonds. The van der Waals surface area contributed by atoms with Gasteiger partial charge in [-0.2, -0.15) is 5.26 Å². The molecule has 0 bridgehead atoms. The van der Waals surface area contributed by atoms with Gasteiger partial charge in [-0.1, -0.05) is 30.3 Å². The highest BCUT2D eigenvalue weighted by Crippen LogP contribution is 2.23. The van der Waals surface area contributed by atoms with Crippen molar-refractivity contribution >= 4 is 6.08 Å². The maximum Gasteiger partial charge on any atom is 0.0912 e. The lowest BCUT2D eigenvalue weighted by atomic mass is 10.1. The molecule has 0 unspecified atom stereocenters. The maximum atomic E-state index is 8.48. The Bertz CT molecular complexity index is 501. The molecule has 2 aromatic rings. The second kappa shape index (κ2) is 4.30. The number of rotatable bonds is 2. The summed E-state index contributed by atoms with van der Waals surface area (Å²) in [6, 6.07) is 14.1. The van der Waals surface area contributed by atoms with Crippen molar-refractivity contribution < 1.29 is 0 Å². The van der Waals surface area contributed by atoms with Gasteiger partial charge in [0.1, 0.15) is 0 Å². The van der Waals surface area contributed by atoms with E-state index in [2.05, 4.69) is 4.98 Å². The molecule has 0 aliphatic rings. The fraction of sp³-hybridized carbons (Fsp3) is 0. The first kappa shape index (κ1) is 9.29. The van der Waals surface area contributed by atoms with Crippen LogP contribution in [0.5, 0.6) is 0 Å². The largest absolute Gasteiger partial charge is 0.361 e. The molecular formula is C13H10N2. The Balaban J connectivity index is 2.42. The summed E-state index contributed by atoms with van der Waals surface area (Å²) in [5.41, 5.74) is 3.22. The zero-order valence-electron chi connectivity index (χ0n) is 8.14. The quantitative estimate of drug-likeness (QED) is 0.732. The van der Waals surface area contributed by atoms with Crippen LogP contribution < -0.4 is 0 Å². The first-order chi connectivity index (χ1) is 7.42. The third-order valence-electron chi connectivity index (χ3n) is 2.19. The second-order valence-electron chi connectivity index (χ2n) is 3.13. The lowest BCUT2D eigenvalue weighted by molar-refractivity contribution is 1.37. The van der Waals surface area contributed by atoms with Crippen LogP contribution in [-0.2, 0) is 0 Å². The predicted molar refractivity (Wildman–Crippen MR) is 60.9 cm³/mol. The molecule has 1 heterocycles. The average Bonchev–Trinajstić information content (AvgIpc) is 2.75. The highest BCUT2D eigenvalue weighted by molar-refractivity contribution is 5.73. The van der Waals surface area contributed by atoms with Gasteiger partial charge in [0, 0.05) is 23.5 Å². The van der Waals surface area contributed by atoms with Crippen LogP contribution in [0.15, 0.2) is 48.7 Å². The number of hydrogen-bond donors (Lipinski definition) is 1. The molecule has 2 heteroatoms. The van der Waals surface area contributed by atoms with Crippen LogP contribution in [0.1, 0.15) is 5.69 Å². The molecule has 0 saturated carbocycles. The molecule has 15 heavy (non-hydrogen) atoms. The standard InChI is InChI=1S/C13H10N2/c14-9-4-7-13-12(8-10-15-13)11-5-2-1-3-6-11/h1-8,10,15H. The van der Waals surface area contributed by atoms with Gasteiger partial charge in [0.2, 0.25) is 0 Å². The molecule has 0 saturated heterocycles. The van der Waals surface area contributed by atoms with Gasteiger partial charge in [-0.3, -0.25) is 0 Å². The van der Waals surface area contributed by atoms with Crippen LogP contribution in [0, 0.1) is 11.3 Å². The normalized spacial score (nSPS) is 10.3. The summed E-state index contributed by atoms with van der Waals surface area (Å²) in [6.45, 7) is 0. The van der Waals surface area contributed by atoms with Crippen molar-refractivity contribution in [3.8, 4) is 17.2 Å². The Labute approximate surface area is 88.5 Å². The van der Waals surface area contributed by atoms with E-state index in [0.29, 0.717) is 0 Å². The smallest absolute Gasteiger partial charge is 0.0912 e. The summed E-state index contributed by atoms with van der Waals surface area (Å²) in [5.74, 6) is 0. The fourth-order valence-corrected chi connectivity index (χ4v) is 1.51. The Hall–Kier alpha value is -2.27. The van der Waals surface area contributed by atoms with Crippen molar-refractivity contribution in [2.24, 2.45) is 0 Å². The summed E-state index contributed by atoms with van der Waals surface area (Å²) < 4.78 is 0. The van der Waals surface area contributed by atoms with Crippen LogP contribution in [-0.4, -0.2) is 4.98 Å². The molecule has 0 radical (unpaired) electrons. The highest BCUT2D eigenvalue weighted by atomic mass is 14.7. The van der Waals surface area contributed by atoms with E-state index >= 15 is 0 Å². The van der Waals surface area contributed by atoms with E-state index in [-0.39, 0.29) is 0 Å². The van der Waals surface area contributed by atoms with Crippen molar-refractivity contribution in [1.82, 2.24) is 4.98 Å². The summed E-state index contributed by atoms with van der Waals surface area (Å²) in [7, 11) is 0. The van der Waals surface area contributed by atoms with Crippen molar-refractivity contribution in [3.05, 3.63) is 54.4 Å². The summed E-state index contributed by atoms with van der Waals surface area (Å²) >= 11 is 0. The number of allylic oxidation sites excluding steroid dienone is 1. The number of nitriles is 1. The van der Waals surface area contributed by atoms with E-state index in [0.717, 1.165) is 16.8 Å². The fourth-order valence-electron chi connectivity index (χ4n) is 1.51. The molecule has 0 spiro atoms. The molecule has 1 aromatic carbocycles. The molecule has 0 aliphatic heterocycles. The first-order valence-electron chi connectivity index (χ1n) is 4.71. The molecule has 0 atom stereocenters. The van der Waals surface area contributed by atoms with Crippen molar-refractivity contribution in [2.75, 3.05) is 0 Å². The second-order valence-corrected chi connectivity index (χ2v) is 3.13. The highest BCUT2D eigenvalue weighted by Gasteiger charge is 2.02. The Morgan fingerprint density at radius 2 is 1.93 bits per heavy atom. The number of aromatic amines is 1. The van der Waals surface area contributed by atoms with Crippen LogP contribution in [0.2, 0.25) is 0 Å². The number of nitrogens with zero attached hydrogens (tertiary/aromatic N) is 1. The Kier molecular flexibility index (Phi) is 2.66. The van der Waals surface area contributed by atoms with Crippen LogP contribution >= 0.6 is 0 Å². The number of aromatic nitrogens is 1. The van der Waals surface area contributed by atoms with E-state index in [4.69, 9.17) is 5.26 Å². The van der Waals surface area contributed by atoms with E-state index in [1.807, 2.05) is 48.7 Å². The van der Waals surface area contributed by atoms with Gasteiger partial charge in [-0.05, 0) is 17.7 Å². The molecule has 72 valence electrons. The van der Waals surface area contributed by atoms with Gasteiger partial charge in [0.15, 0.2) is 0 Å². The van der Waals surface area contributed by atoms with Gasteiger partial charge in [-0.15, -0.1) is 0 Å². The topological polar surface area (TPSA) is 39.6 Å². The molecule has 0 fully saturated rings. The number of nitrogens with one attached hydrogen (secondary N) is 1. The zero-order chi connectivity index (χ0) is 10.5. The summed E-state index contributed by atoms with van der Waals surface area (Å²) in [5, 5.41) is 8.48. The summed E-state index contributed by atoms with van der Waals surface area (Å²) in [6.07, 6.45) is 5.12. The molecular weight excluding hydrogens is 184 g/mol. The monoisotopic (exact) mass is 194 g/mol. The molecule has 2 rings (SSSR count). The summed E-state index contributed by atoms with van der Waals surface area (Å²) in [4.78, 5) is 3.10. The van der Waals surface area contributed by atoms with Crippen LogP contribution in [0.3, 0.4) is 0 Å². The number of H-pyrrole nitrogens is 1. The number of hydrogen-bond acceptors (Lipinski definition) is 1. The lowest BCUT2D eigenvalue weighted by Crippen LogP contribution is -1.78. The minimum Gasteiger partial charge on any atom is -0.361 e. The van der Waals surface area contributed by atoms with Gasteiger partial charge in [0.05, 0.1) is 6.07 Å². The minimum absolute atomic E-state index is 0.961. The van der Waals surface area contributed by atoms with E-state index in [9.17, 15) is 0 Å². The molecule has 1 N–H and O–H groups in total. The minimum atomic E-state index is 0.961. The lowest BCUT2D eigenvalue weighted by Gasteiger charge is -1.99. The van der Waals surface area contributed by atoms with E-state index in [1.165, 1.54) is 6.08 Å². The van der Waals surface area contributed by atoms with Gasteiger partial charge in [0.25, 0.3) is 0 Å². The predicted octanol–water partition coefficient (Wildman–Crippen LogP) is 3.22. The number of benzene rings is 1. The van der Waals surface area contributed by atoms with Gasteiger partial charge >= 0.3 is 0 Å². The van der Waals surface area contributed by atoms with E-state index in [1.54, 1.807) is 6.08 Å². The van der Waals surface area contributed by atoms with Crippen molar-refractivity contribution in [3.63, 3.8) is 0 Å². The third kappa shape index (κ3) is 1.97. The Morgan fingerprint density at radius 1 is 1.13 bits per heavy atom. The van der Waals surface area contributed by atoms with Crippen molar-refractivity contribution in [2.45, 2.75) is 0 Å². The molecule has 1 aromatic heterocycles. The van der Waals surface area contributed by atoms with Crippen LogP contribution in [0.25, 0.3) is 17.2 Å². The SMILES string of the molecule is N#CC=Cc1[nH]ccc1-c1ccccc1. The third-order valence-corrected chi connectivity index (χ3v) is 2.19. The van der Waals surface area contributed by atoms with Gasteiger partial charge in [-0.25, -0.2) is 0 Å². The molecule has 2 nitrogen and oxygen atoms in total. The zero-order valence-corrected chi connectivity index (χ0v) is 8.14. The average molecular weight is 194 g/mol. The first-order valence-corrected chi connectivity index (χ1v) is 4.71.